The molecule has 0 unspecified atom stereocenters. The molecular formula is C8H9F3N4OS. The van der Waals surface area contributed by atoms with Gasteiger partial charge in [0.05, 0.1) is 0 Å². The summed E-state index contributed by atoms with van der Waals surface area (Å²) in [6, 6.07) is 2.72. The summed E-state index contributed by atoms with van der Waals surface area (Å²) in [5.41, 5.74) is 0.987. The lowest BCUT2D eigenvalue weighted by atomic mass is 10.3. The van der Waals surface area contributed by atoms with Crippen molar-refractivity contribution in [1.29, 1.82) is 0 Å². The lowest BCUT2D eigenvalue weighted by molar-refractivity contribution is -0.0327. The van der Waals surface area contributed by atoms with Crippen LogP contribution in [0.15, 0.2) is 12.1 Å². The Labute approximate surface area is 99.0 Å². The van der Waals surface area contributed by atoms with E-state index < -0.39 is 11.4 Å². The number of nitrogens with zero attached hydrogens (tertiary/aromatic N) is 2. The molecule has 1 aromatic heterocycles. The van der Waals surface area contributed by atoms with Gasteiger partial charge >= 0.3 is 5.51 Å². The second-order valence-corrected chi connectivity index (χ2v) is 4.05. The first kappa shape index (κ1) is 13.6. The fraction of sp³-hybridized carbons (Fsp3) is 0.375. The molecule has 0 bridgehead atoms. The van der Waals surface area contributed by atoms with Crippen molar-refractivity contribution in [2.75, 3.05) is 18.0 Å². The van der Waals surface area contributed by atoms with Gasteiger partial charge in [0, 0.05) is 12.3 Å². The molecule has 0 saturated heterocycles. The molecule has 0 aromatic carbocycles. The molecule has 1 rings (SSSR count). The van der Waals surface area contributed by atoms with Crippen molar-refractivity contribution in [1.82, 2.24) is 15.5 Å². The van der Waals surface area contributed by atoms with Gasteiger partial charge in [-0.15, -0.1) is 10.2 Å². The molecular weight excluding hydrogens is 257 g/mol. The Morgan fingerprint density at radius 3 is 2.65 bits per heavy atom. The molecule has 0 aliphatic rings. The molecule has 0 spiro atoms. The first-order valence-electron chi connectivity index (χ1n) is 4.46. The van der Waals surface area contributed by atoms with Crippen LogP contribution in [0.25, 0.3) is 0 Å². The van der Waals surface area contributed by atoms with E-state index in [1.54, 1.807) is 0 Å². The molecule has 0 radical (unpaired) electrons. The van der Waals surface area contributed by atoms with Gasteiger partial charge in [-0.25, -0.2) is 0 Å². The largest absolute Gasteiger partial charge is 0.441 e. The second kappa shape index (κ2) is 5.71. The fourth-order valence-corrected chi connectivity index (χ4v) is 1.32. The number of hydrogen-bond donors (Lipinski definition) is 2. The van der Waals surface area contributed by atoms with E-state index >= 15 is 0 Å². The highest BCUT2D eigenvalue weighted by atomic mass is 32.2. The highest BCUT2D eigenvalue weighted by molar-refractivity contribution is 8.00. The quantitative estimate of drug-likeness (QED) is 0.796. The molecule has 94 valence electrons. The number of carbonyl (C=O) groups excluding carboxylic acids is 1. The van der Waals surface area contributed by atoms with E-state index in [-0.39, 0.29) is 35.6 Å². The molecule has 1 heterocycles. The maximum atomic E-state index is 11.8. The molecule has 0 aliphatic carbocycles. The lowest BCUT2D eigenvalue weighted by Crippen LogP contribution is -2.27. The van der Waals surface area contributed by atoms with Crippen LogP contribution in [0.1, 0.15) is 10.5 Å². The zero-order valence-electron chi connectivity index (χ0n) is 8.49. The van der Waals surface area contributed by atoms with Crippen molar-refractivity contribution in [3.8, 4) is 0 Å². The number of hydrogen-bond acceptors (Lipinski definition) is 5. The molecule has 17 heavy (non-hydrogen) atoms. The third-order valence-electron chi connectivity index (χ3n) is 1.57. The number of amides is 1. The number of aromatic nitrogens is 2. The normalized spacial score (nSPS) is 11.2. The Balaban J connectivity index is 2.33. The average molecular weight is 266 g/mol. The highest BCUT2D eigenvalue weighted by Crippen LogP contribution is 2.29. The smallest absolute Gasteiger partial charge is 0.382 e. The van der Waals surface area contributed by atoms with Crippen LogP contribution in [0, 0.1) is 0 Å². The number of anilines is 1. The number of nitrogens with one attached hydrogen (secondary N) is 1. The number of halogens is 3. The molecule has 0 saturated carbocycles. The molecule has 1 amide bonds. The molecule has 9 heteroatoms. The third kappa shape index (κ3) is 5.38. The number of rotatable bonds is 4. The first-order valence-corrected chi connectivity index (χ1v) is 5.45. The fourth-order valence-electron chi connectivity index (χ4n) is 0.886. The molecule has 0 fully saturated rings. The predicted molar refractivity (Wildman–Crippen MR) is 57.3 cm³/mol. The summed E-state index contributed by atoms with van der Waals surface area (Å²) in [7, 11) is 0. The lowest BCUT2D eigenvalue weighted by Gasteiger charge is -2.06. The zero-order valence-corrected chi connectivity index (χ0v) is 9.31. The summed E-state index contributed by atoms with van der Waals surface area (Å²) >= 11 is -0.198. The molecule has 1 aromatic rings. The standard InChI is InChI=1S/C8H9F3N4OS/c9-8(10,11)17-4-3-13-7(16)5-1-2-6(12)15-14-5/h1-2H,3-4H2,(H2,12,15)(H,13,16). The van der Waals surface area contributed by atoms with E-state index in [2.05, 4.69) is 15.5 Å². The molecule has 0 aliphatic heterocycles. The monoisotopic (exact) mass is 266 g/mol. The van der Waals surface area contributed by atoms with Gasteiger partial charge in [0.1, 0.15) is 5.82 Å². The molecule has 0 atom stereocenters. The summed E-state index contributed by atoms with van der Waals surface area (Å²) in [4.78, 5) is 11.3. The van der Waals surface area contributed by atoms with E-state index in [0.717, 1.165) is 0 Å². The van der Waals surface area contributed by atoms with Crippen molar-refractivity contribution < 1.29 is 18.0 Å². The topological polar surface area (TPSA) is 80.9 Å². The third-order valence-corrected chi connectivity index (χ3v) is 2.31. The minimum absolute atomic E-state index is 0.0104. The van der Waals surface area contributed by atoms with Crippen LogP contribution in [0.2, 0.25) is 0 Å². The average Bonchev–Trinajstić information content (AvgIpc) is 2.24. The van der Waals surface area contributed by atoms with Crippen LogP contribution in [-0.4, -0.2) is 33.9 Å². The van der Waals surface area contributed by atoms with Gasteiger partial charge in [-0.05, 0) is 23.9 Å². The Hall–Kier alpha value is -1.51. The van der Waals surface area contributed by atoms with E-state index in [1.807, 2.05) is 0 Å². The summed E-state index contributed by atoms with van der Waals surface area (Å²) in [5, 5.41) is 9.23. The van der Waals surface area contributed by atoms with Crippen LogP contribution in [0.4, 0.5) is 19.0 Å². The Kier molecular flexibility index (Phi) is 4.55. The number of nitrogens with two attached hydrogens (primary N) is 1. The van der Waals surface area contributed by atoms with E-state index in [9.17, 15) is 18.0 Å². The summed E-state index contributed by atoms with van der Waals surface area (Å²) in [6.45, 7) is -0.102. The van der Waals surface area contributed by atoms with Crippen LogP contribution in [0.5, 0.6) is 0 Å². The van der Waals surface area contributed by atoms with Gasteiger partial charge in [-0.3, -0.25) is 4.79 Å². The molecule has 5 nitrogen and oxygen atoms in total. The minimum Gasteiger partial charge on any atom is -0.382 e. The van der Waals surface area contributed by atoms with E-state index in [0.29, 0.717) is 0 Å². The van der Waals surface area contributed by atoms with Gasteiger partial charge in [0.2, 0.25) is 0 Å². The first-order chi connectivity index (χ1) is 7.88. The van der Waals surface area contributed by atoms with Crippen molar-refractivity contribution >= 4 is 23.5 Å². The predicted octanol–water partition coefficient (Wildman–Crippen LogP) is 1.04. The van der Waals surface area contributed by atoms with E-state index in [4.69, 9.17) is 5.73 Å². The summed E-state index contributed by atoms with van der Waals surface area (Å²) in [6.07, 6.45) is 0. The van der Waals surface area contributed by atoms with Crippen molar-refractivity contribution in [2.24, 2.45) is 0 Å². The number of carbonyl (C=O) groups is 1. The van der Waals surface area contributed by atoms with Crippen LogP contribution >= 0.6 is 11.8 Å². The maximum Gasteiger partial charge on any atom is 0.441 e. The number of alkyl halides is 3. The van der Waals surface area contributed by atoms with Gasteiger partial charge in [-0.2, -0.15) is 13.2 Å². The van der Waals surface area contributed by atoms with Crippen molar-refractivity contribution in [3.05, 3.63) is 17.8 Å². The molecule has 3 N–H and O–H groups in total. The number of thioether (sulfide) groups is 1. The van der Waals surface area contributed by atoms with E-state index in [1.165, 1.54) is 12.1 Å². The van der Waals surface area contributed by atoms with Gasteiger partial charge in [-0.1, -0.05) is 0 Å². The minimum atomic E-state index is -4.29. The van der Waals surface area contributed by atoms with Crippen LogP contribution < -0.4 is 11.1 Å². The van der Waals surface area contributed by atoms with Gasteiger partial charge in [0.15, 0.2) is 5.69 Å². The van der Waals surface area contributed by atoms with Crippen molar-refractivity contribution in [3.63, 3.8) is 0 Å². The number of nitrogen functional groups attached to an aromatic ring is 1. The Bertz CT molecular complexity index is 381. The van der Waals surface area contributed by atoms with Gasteiger partial charge < -0.3 is 11.1 Å². The Morgan fingerprint density at radius 1 is 1.41 bits per heavy atom. The zero-order chi connectivity index (χ0) is 12.9. The highest BCUT2D eigenvalue weighted by Gasteiger charge is 2.27. The Morgan fingerprint density at radius 2 is 2.12 bits per heavy atom. The summed E-state index contributed by atoms with van der Waals surface area (Å²) in [5.74, 6) is -0.674. The van der Waals surface area contributed by atoms with Crippen LogP contribution in [0.3, 0.4) is 0 Å². The van der Waals surface area contributed by atoms with Gasteiger partial charge in [0.25, 0.3) is 5.91 Å². The second-order valence-electron chi connectivity index (χ2n) is 2.89. The van der Waals surface area contributed by atoms with Crippen LogP contribution in [-0.2, 0) is 0 Å². The SMILES string of the molecule is Nc1ccc(C(=O)NCCSC(F)(F)F)nn1. The maximum absolute atomic E-state index is 11.8. The van der Waals surface area contributed by atoms with Crippen molar-refractivity contribution in [2.45, 2.75) is 5.51 Å². The summed E-state index contributed by atoms with van der Waals surface area (Å²) < 4.78 is 35.3.